The zero-order valence-electron chi connectivity index (χ0n) is 10.8. The average molecular weight is 352 g/mol. The summed E-state index contributed by atoms with van der Waals surface area (Å²) < 4.78 is 68.3. The van der Waals surface area contributed by atoms with Crippen LogP contribution in [0.4, 0.5) is 18.9 Å². The lowest BCUT2D eigenvalue weighted by molar-refractivity contribution is -0.0493. The molecule has 0 aromatic heterocycles. The summed E-state index contributed by atoms with van der Waals surface area (Å²) >= 11 is 5.69. The van der Waals surface area contributed by atoms with Crippen molar-refractivity contribution in [3.63, 3.8) is 0 Å². The Morgan fingerprint density at radius 1 is 1.14 bits per heavy atom. The maximum atomic E-state index is 13.0. The van der Waals surface area contributed by atoms with E-state index in [2.05, 4.69) is 9.46 Å². The molecule has 2 rings (SSSR count). The van der Waals surface area contributed by atoms with Crippen molar-refractivity contribution >= 4 is 27.3 Å². The Kier molecular flexibility index (Phi) is 4.82. The van der Waals surface area contributed by atoms with E-state index in [0.29, 0.717) is 0 Å². The van der Waals surface area contributed by atoms with Gasteiger partial charge < -0.3 is 4.74 Å². The third-order valence-electron chi connectivity index (χ3n) is 2.53. The number of hydrogen-bond acceptors (Lipinski definition) is 3. The van der Waals surface area contributed by atoms with Gasteiger partial charge in [0.15, 0.2) is 0 Å². The van der Waals surface area contributed by atoms with Crippen LogP contribution >= 0.6 is 11.6 Å². The fraction of sp³-hybridized carbons (Fsp3) is 0.0769. The summed E-state index contributed by atoms with van der Waals surface area (Å²) in [7, 11) is -4.19. The lowest BCUT2D eigenvalue weighted by atomic mass is 10.3. The van der Waals surface area contributed by atoms with Crippen molar-refractivity contribution in [3.8, 4) is 5.75 Å². The van der Waals surface area contributed by atoms with E-state index in [4.69, 9.17) is 11.6 Å². The van der Waals surface area contributed by atoms with E-state index in [1.807, 2.05) is 0 Å². The van der Waals surface area contributed by atoms with Crippen LogP contribution in [-0.2, 0) is 10.0 Å². The van der Waals surface area contributed by atoms with E-state index >= 15 is 0 Å². The molecule has 1 N–H and O–H groups in total. The van der Waals surface area contributed by atoms with Gasteiger partial charge in [0.05, 0.1) is 10.7 Å². The van der Waals surface area contributed by atoms with Crippen molar-refractivity contribution in [2.75, 3.05) is 4.72 Å². The maximum Gasteiger partial charge on any atom is 0.387 e. The van der Waals surface area contributed by atoms with E-state index in [0.717, 1.165) is 18.2 Å². The molecule has 0 unspecified atom stereocenters. The van der Waals surface area contributed by atoms with Crippen LogP contribution in [0.5, 0.6) is 5.75 Å². The van der Waals surface area contributed by atoms with Crippen molar-refractivity contribution in [1.82, 2.24) is 0 Å². The monoisotopic (exact) mass is 351 g/mol. The number of sulfonamides is 1. The first-order valence-corrected chi connectivity index (χ1v) is 7.67. The minimum atomic E-state index is -4.19. The largest absolute Gasteiger partial charge is 0.433 e. The van der Waals surface area contributed by atoms with Crippen molar-refractivity contribution in [2.45, 2.75) is 11.5 Å². The standard InChI is InChI=1S/C13H9ClF3NO3S/c14-9-7-8(15)5-6-12(9)22(19,20)18-10-3-1-2-4-11(10)21-13(16)17/h1-7,13,18H. The van der Waals surface area contributed by atoms with E-state index < -0.39 is 22.5 Å². The Bertz CT molecular complexity index is 784. The van der Waals surface area contributed by atoms with Gasteiger partial charge in [-0.2, -0.15) is 8.78 Å². The Morgan fingerprint density at radius 3 is 2.45 bits per heavy atom. The SMILES string of the molecule is O=S(=O)(Nc1ccccc1OC(F)F)c1ccc(F)cc1Cl. The third-order valence-corrected chi connectivity index (χ3v) is 4.38. The first-order chi connectivity index (χ1) is 10.3. The van der Waals surface area contributed by atoms with Gasteiger partial charge >= 0.3 is 6.61 Å². The summed E-state index contributed by atoms with van der Waals surface area (Å²) in [6, 6.07) is 7.97. The molecule has 0 saturated carbocycles. The van der Waals surface area contributed by atoms with Crippen LogP contribution < -0.4 is 9.46 Å². The van der Waals surface area contributed by atoms with Gasteiger partial charge in [-0.3, -0.25) is 4.72 Å². The van der Waals surface area contributed by atoms with Gasteiger partial charge in [0.25, 0.3) is 10.0 Å². The molecule has 0 fully saturated rings. The van der Waals surface area contributed by atoms with Gasteiger partial charge in [-0.15, -0.1) is 0 Å². The zero-order chi connectivity index (χ0) is 16.3. The highest BCUT2D eigenvalue weighted by Gasteiger charge is 2.21. The number of benzene rings is 2. The molecule has 0 atom stereocenters. The number of para-hydroxylation sites is 2. The molecule has 0 radical (unpaired) electrons. The lowest BCUT2D eigenvalue weighted by Gasteiger charge is -2.13. The minimum Gasteiger partial charge on any atom is -0.433 e. The number of anilines is 1. The molecule has 0 aliphatic heterocycles. The van der Waals surface area contributed by atoms with Crippen molar-refractivity contribution in [1.29, 1.82) is 0 Å². The van der Waals surface area contributed by atoms with Gasteiger partial charge in [0.1, 0.15) is 16.5 Å². The molecule has 0 heterocycles. The molecular formula is C13H9ClF3NO3S. The summed E-state index contributed by atoms with van der Waals surface area (Å²) in [4.78, 5) is -0.387. The smallest absolute Gasteiger partial charge is 0.387 e. The first-order valence-electron chi connectivity index (χ1n) is 5.81. The molecule has 22 heavy (non-hydrogen) atoms. The molecule has 0 aliphatic carbocycles. The van der Waals surface area contributed by atoms with E-state index in [9.17, 15) is 21.6 Å². The van der Waals surface area contributed by atoms with E-state index in [1.165, 1.54) is 24.3 Å². The number of hydrogen-bond donors (Lipinski definition) is 1. The molecule has 4 nitrogen and oxygen atoms in total. The predicted molar refractivity (Wildman–Crippen MR) is 75.3 cm³/mol. The second kappa shape index (κ2) is 6.45. The average Bonchev–Trinajstić information content (AvgIpc) is 2.39. The Labute approximate surface area is 129 Å². The lowest BCUT2D eigenvalue weighted by Crippen LogP contribution is -2.15. The highest BCUT2D eigenvalue weighted by molar-refractivity contribution is 7.92. The third kappa shape index (κ3) is 3.83. The van der Waals surface area contributed by atoms with Crippen LogP contribution in [0.15, 0.2) is 47.4 Å². The van der Waals surface area contributed by atoms with Gasteiger partial charge in [0, 0.05) is 0 Å². The van der Waals surface area contributed by atoms with Crippen LogP contribution in [0.3, 0.4) is 0 Å². The van der Waals surface area contributed by atoms with Gasteiger partial charge in [-0.05, 0) is 30.3 Å². The van der Waals surface area contributed by atoms with Crippen LogP contribution in [0.1, 0.15) is 0 Å². The molecule has 2 aromatic carbocycles. The molecule has 9 heteroatoms. The van der Waals surface area contributed by atoms with E-state index in [1.54, 1.807) is 0 Å². The van der Waals surface area contributed by atoms with Gasteiger partial charge in [-0.25, -0.2) is 12.8 Å². The second-order valence-electron chi connectivity index (χ2n) is 4.05. The van der Waals surface area contributed by atoms with Crippen LogP contribution in [0.25, 0.3) is 0 Å². The normalized spacial score (nSPS) is 11.5. The molecule has 0 aliphatic rings. The molecule has 0 amide bonds. The fourth-order valence-electron chi connectivity index (χ4n) is 1.64. The highest BCUT2D eigenvalue weighted by Crippen LogP contribution is 2.30. The van der Waals surface area contributed by atoms with Crippen molar-refractivity contribution in [3.05, 3.63) is 53.3 Å². The van der Waals surface area contributed by atoms with E-state index in [-0.39, 0.29) is 21.4 Å². The molecule has 0 spiro atoms. The first kappa shape index (κ1) is 16.4. The van der Waals surface area contributed by atoms with Gasteiger partial charge in [-0.1, -0.05) is 23.7 Å². The number of ether oxygens (including phenoxy) is 1. The zero-order valence-corrected chi connectivity index (χ0v) is 12.3. The Morgan fingerprint density at radius 2 is 1.82 bits per heavy atom. The fourth-order valence-corrected chi connectivity index (χ4v) is 3.25. The predicted octanol–water partition coefficient (Wildman–Crippen LogP) is 3.88. The van der Waals surface area contributed by atoms with Crippen LogP contribution in [0.2, 0.25) is 5.02 Å². The Hall–Kier alpha value is -1.93. The molecule has 0 bridgehead atoms. The molecule has 0 saturated heterocycles. The molecule has 2 aromatic rings. The summed E-state index contributed by atoms with van der Waals surface area (Å²) in [5.74, 6) is -1.05. The maximum absolute atomic E-state index is 13.0. The van der Waals surface area contributed by atoms with Crippen LogP contribution in [-0.4, -0.2) is 15.0 Å². The molecule has 118 valence electrons. The summed E-state index contributed by atoms with van der Waals surface area (Å²) in [6.45, 7) is -3.11. The minimum absolute atomic E-state index is 0.191. The number of halogens is 4. The summed E-state index contributed by atoms with van der Waals surface area (Å²) in [5.41, 5.74) is -0.191. The van der Waals surface area contributed by atoms with Crippen molar-refractivity contribution < 1.29 is 26.3 Å². The second-order valence-corrected chi connectivity index (χ2v) is 6.11. The van der Waals surface area contributed by atoms with Crippen molar-refractivity contribution in [2.24, 2.45) is 0 Å². The molecular weight excluding hydrogens is 343 g/mol. The summed E-state index contributed by atoms with van der Waals surface area (Å²) in [6.07, 6.45) is 0. The quantitative estimate of drug-likeness (QED) is 0.889. The van der Waals surface area contributed by atoms with Crippen LogP contribution in [0, 0.1) is 5.82 Å². The number of alkyl halides is 2. The number of nitrogens with one attached hydrogen (secondary N) is 1. The highest BCUT2D eigenvalue weighted by atomic mass is 35.5. The Balaban J connectivity index is 2.37. The number of rotatable bonds is 5. The summed E-state index contributed by atoms with van der Waals surface area (Å²) in [5, 5.41) is -0.334. The van der Waals surface area contributed by atoms with Gasteiger partial charge in [0.2, 0.25) is 0 Å². The topological polar surface area (TPSA) is 55.4 Å².